The van der Waals surface area contributed by atoms with Gasteiger partial charge >= 0.3 is 0 Å². The monoisotopic (exact) mass is 297 g/mol. The van der Waals surface area contributed by atoms with Gasteiger partial charge in [0.2, 0.25) is 0 Å². The Morgan fingerprint density at radius 3 is 2.50 bits per heavy atom. The van der Waals surface area contributed by atoms with Crippen molar-refractivity contribution in [2.75, 3.05) is 31.1 Å². The highest BCUT2D eigenvalue weighted by molar-refractivity contribution is 7.15. The first kappa shape index (κ1) is 15.1. The van der Waals surface area contributed by atoms with E-state index in [9.17, 15) is 0 Å². The molecule has 2 rings (SSSR count). The lowest BCUT2D eigenvalue weighted by molar-refractivity contribution is 0.216. The number of amidine groups is 1. The van der Waals surface area contributed by atoms with Gasteiger partial charge in [-0.15, -0.1) is 11.3 Å². The fourth-order valence-electron chi connectivity index (χ4n) is 2.54. The fraction of sp³-hybridized carbons (Fsp3) is 0.692. The number of rotatable bonds is 4. The van der Waals surface area contributed by atoms with Crippen molar-refractivity contribution < 1.29 is 5.21 Å². The van der Waals surface area contributed by atoms with Crippen LogP contribution in [-0.2, 0) is 0 Å². The molecule has 0 aromatic carbocycles. The Hall–Kier alpha value is -1.34. The summed E-state index contributed by atoms with van der Waals surface area (Å²) in [6.07, 6.45) is 0.853. The van der Waals surface area contributed by atoms with Crippen molar-refractivity contribution in [1.29, 1.82) is 0 Å². The standard InChI is InChI=1S/C13H23N5OS/c1-4-11(12(14)16-19)17-5-7-18(8-6-17)13-15-9(2)10(3)20-13/h11,19H,4-8H2,1-3H3,(H2,14,16). The summed E-state index contributed by atoms with van der Waals surface area (Å²) in [5, 5.41) is 13.1. The molecule has 7 heteroatoms. The van der Waals surface area contributed by atoms with Crippen LogP contribution in [0.25, 0.3) is 0 Å². The summed E-state index contributed by atoms with van der Waals surface area (Å²) in [7, 11) is 0. The molecule has 0 aliphatic carbocycles. The second-order valence-corrected chi connectivity index (χ2v) is 6.29. The third-order valence-electron chi connectivity index (χ3n) is 3.89. The summed E-state index contributed by atoms with van der Waals surface area (Å²) in [5.41, 5.74) is 6.88. The van der Waals surface area contributed by atoms with Crippen LogP contribution in [0.15, 0.2) is 5.16 Å². The first-order valence-corrected chi connectivity index (χ1v) is 7.78. The average molecular weight is 297 g/mol. The quantitative estimate of drug-likeness (QED) is 0.380. The van der Waals surface area contributed by atoms with Crippen LogP contribution in [0.2, 0.25) is 0 Å². The van der Waals surface area contributed by atoms with Gasteiger partial charge in [-0.2, -0.15) is 0 Å². The fourth-order valence-corrected chi connectivity index (χ4v) is 3.50. The lowest BCUT2D eigenvalue weighted by Gasteiger charge is -2.38. The topological polar surface area (TPSA) is 78.0 Å². The van der Waals surface area contributed by atoms with Crippen molar-refractivity contribution in [2.24, 2.45) is 10.9 Å². The van der Waals surface area contributed by atoms with Crippen molar-refractivity contribution >= 4 is 22.3 Å². The molecule has 1 aliphatic rings. The van der Waals surface area contributed by atoms with E-state index < -0.39 is 0 Å². The van der Waals surface area contributed by atoms with Gasteiger partial charge in [0, 0.05) is 31.1 Å². The number of hydrogen-bond donors (Lipinski definition) is 2. The summed E-state index contributed by atoms with van der Waals surface area (Å²) in [6, 6.07) is 0.0296. The third kappa shape index (κ3) is 3.04. The Bertz CT molecular complexity index is 460. The summed E-state index contributed by atoms with van der Waals surface area (Å²) >= 11 is 1.75. The van der Waals surface area contributed by atoms with Gasteiger partial charge in [0.05, 0.1) is 11.7 Å². The molecule has 1 aromatic rings. The lowest BCUT2D eigenvalue weighted by atomic mass is 10.1. The molecule has 20 heavy (non-hydrogen) atoms. The van der Waals surface area contributed by atoms with Gasteiger partial charge in [-0.05, 0) is 20.3 Å². The molecule has 3 N–H and O–H groups in total. The van der Waals surface area contributed by atoms with Gasteiger partial charge in [-0.1, -0.05) is 12.1 Å². The summed E-state index contributed by atoms with van der Waals surface area (Å²) < 4.78 is 0. The maximum atomic E-state index is 8.85. The van der Waals surface area contributed by atoms with Crippen LogP contribution in [0, 0.1) is 13.8 Å². The number of aromatic nitrogens is 1. The zero-order chi connectivity index (χ0) is 14.7. The van der Waals surface area contributed by atoms with Crippen molar-refractivity contribution in [3.05, 3.63) is 10.6 Å². The first-order chi connectivity index (χ1) is 9.56. The van der Waals surface area contributed by atoms with Crippen LogP contribution < -0.4 is 10.6 Å². The zero-order valence-electron chi connectivity index (χ0n) is 12.3. The molecule has 1 aromatic heterocycles. The van der Waals surface area contributed by atoms with Crippen molar-refractivity contribution in [1.82, 2.24) is 9.88 Å². The summed E-state index contributed by atoms with van der Waals surface area (Å²) in [6.45, 7) is 9.90. The van der Waals surface area contributed by atoms with E-state index in [1.165, 1.54) is 4.88 Å². The van der Waals surface area contributed by atoms with Gasteiger partial charge in [-0.25, -0.2) is 4.98 Å². The van der Waals surface area contributed by atoms with Gasteiger partial charge in [0.15, 0.2) is 11.0 Å². The molecule has 6 nitrogen and oxygen atoms in total. The largest absolute Gasteiger partial charge is 0.409 e. The molecule has 1 saturated heterocycles. The van der Waals surface area contributed by atoms with Crippen LogP contribution in [-0.4, -0.2) is 53.1 Å². The maximum absolute atomic E-state index is 8.85. The van der Waals surface area contributed by atoms with Crippen LogP contribution in [0.5, 0.6) is 0 Å². The normalized spacial score (nSPS) is 19.4. The van der Waals surface area contributed by atoms with Gasteiger partial charge in [0.1, 0.15) is 0 Å². The molecule has 0 radical (unpaired) electrons. The molecule has 0 bridgehead atoms. The molecule has 0 spiro atoms. The highest BCUT2D eigenvalue weighted by Gasteiger charge is 2.26. The average Bonchev–Trinajstić information content (AvgIpc) is 2.80. The number of piperazine rings is 1. The number of thiazole rings is 1. The number of aryl methyl sites for hydroxylation is 2. The van der Waals surface area contributed by atoms with Gasteiger partial charge in [0.25, 0.3) is 0 Å². The van der Waals surface area contributed by atoms with E-state index in [4.69, 9.17) is 10.9 Å². The minimum atomic E-state index is 0.0296. The van der Waals surface area contributed by atoms with Crippen molar-refractivity contribution in [2.45, 2.75) is 33.2 Å². The van der Waals surface area contributed by atoms with E-state index in [0.29, 0.717) is 5.84 Å². The van der Waals surface area contributed by atoms with Crippen LogP contribution in [0.4, 0.5) is 5.13 Å². The Balaban J connectivity index is 1.98. The predicted octanol–water partition coefficient (Wildman–Crippen LogP) is 1.41. The molecule has 0 saturated carbocycles. The number of nitrogens with zero attached hydrogens (tertiary/aromatic N) is 4. The predicted molar refractivity (Wildman–Crippen MR) is 82.9 cm³/mol. The van der Waals surface area contributed by atoms with Gasteiger partial charge in [-0.3, -0.25) is 4.90 Å². The molecule has 112 valence electrons. The molecule has 1 fully saturated rings. The van der Waals surface area contributed by atoms with Crippen LogP contribution in [0.3, 0.4) is 0 Å². The molecule has 1 aliphatic heterocycles. The van der Waals surface area contributed by atoms with Crippen LogP contribution in [0.1, 0.15) is 23.9 Å². The van der Waals surface area contributed by atoms with Gasteiger partial charge < -0.3 is 15.8 Å². The second-order valence-electron chi connectivity index (χ2n) is 5.11. The van der Waals surface area contributed by atoms with E-state index in [1.54, 1.807) is 11.3 Å². The number of nitrogens with two attached hydrogens (primary N) is 1. The highest BCUT2D eigenvalue weighted by atomic mass is 32.1. The molecular weight excluding hydrogens is 274 g/mol. The Kier molecular flexibility index (Phi) is 4.82. The smallest absolute Gasteiger partial charge is 0.185 e. The summed E-state index contributed by atoms with van der Waals surface area (Å²) in [4.78, 5) is 10.5. The molecule has 1 unspecified atom stereocenters. The molecule has 0 amide bonds. The lowest BCUT2D eigenvalue weighted by Crippen LogP contribution is -2.54. The van der Waals surface area contributed by atoms with Crippen LogP contribution >= 0.6 is 11.3 Å². The Labute approximate surface area is 123 Å². The number of hydrogen-bond acceptors (Lipinski definition) is 6. The maximum Gasteiger partial charge on any atom is 0.185 e. The Morgan fingerprint density at radius 2 is 2.05 bits per heavy atom. The minimum Gasteiger partial charge on any atom is -0.409 e. The van der Waals surface area contributed by atoms with Crippen molar-refractivity contribution in [3.63, 3.8) is 0 Å². The first-order valence-electron chi connectivity index (χ1n) is 6.97. The molecule has 2 heterocycles. The highest BCUT2D eigenvalue weighted by Crippen LogP contribution is 2.26. The van der Waals surface area contributed by atoms with E-state index in [1.807, 2.05) is 0 Å². The van der Waals surface area contributed by atoms with Crippen molar-refractivity contribution in [3.8, 4) is 0 Å². The summed E-state index contributed by atoms with van der Waals surface area (Å²) in [5.74, 6) is 0.307. The number of oxime groups is 1. The third-order valence-corrected chi connectivity index (χ3v) is 5.02. The molecule has 1 atom stereocenters. The SMILES string of the molecule is CCC(C(N)=NO)N1CCN(c2nc(C)c(C)s2)CC1. The van der Waals surface area contributed by atoms with E-state index in [-0.39, 0.29) is 6.04 Å². The molecular formula is C13H23N5OS. The zero-order valence-corrected chi connectivity index (χ0v) is 13.2. The van der Waals surface area contributed by atoms with E-state index in [0.717, 1.165) is 43.4 Å². The number of anilines is 1. The minimum absolute atomic E-state index is 0.0296. The van der Waals surface area contributed by atoms with E-state index in [2.05, 4.69) is 40.7 Å². The Morgan fingerprint density at radius 1 is 1.40 bits per heavy atom. The second kappa shape index (κ2) is 6.41. The van der Waals surface area contributed by atoms with E-state index >= 15 is 0 Å².